The third-order valence-corrected chi connectivity index (χ3v) is 6.16. The molecule has 0 spiro atoms. The second-order valence-electron chi connectivity index (χ2n) is 7.42. The van der Waals surface area contributed by atoms with Gasteiger partial charge in [0.05, 0.1) is 17.1 Å². The molecule has 1 fully saturated rings. The van der Waals surface area contributed by atoms with Crippen molar-refractivity contribution in [2.45, 2.75) is 36.8 Å². The summed E-state index contributed by atoms with van der Waals surface area (Å²) in [5, 5.41) is 0. The molecule has 2 aromatic carbocycles. The van der Waals surface area contributed by atoms with Crippen LogP contribution in [0, 0.1) is 18.6 Å². The number of hydrogen-bond acceptors (Lipinski definition) is 4. The molecule has 1 aliphatic rings. The van der Waals surface area contributed by atoms with Gasteiger partial charge in [-0.05, 0) is 56.5 Å². The first-order valence-electron chi connectivity index (χ1n) is 10.0. The lowest BCUT2D eigenvalue weighted by Gasteiger charge is -2.29. The van der Waals surface area contributed by atoms with E-state index in [0.29, 0.717) is 28.6 Å². The van der Waals surface area contributed by atoms with Crippen molar-refractivity contribution in [3.05, 3.63) is 82.0 Å². The second-order valence-corrected chi connectivity index (χ2v) is 8.47. The Bertz CT molecular complexity index is 1110. The zero-order valence-electron chi connectivity index (χ0n) is 16.8. The first-order chi connectivity index (χ1) is 14.5. The number of aromatic nitrogens is 2. The van der Waals surface area contributed by atoms with Gasteiger partial charge in [-0.3, -0.25) is 9.36 Å². The van der Waals surface area contributed by atoms with Crippen molar-refractivity contribution in [1.82, 2.24) is 9.55 Å². The predicted octanol–water partition coefficient (Wildman–Crippen LogP) is 5.10. The zero-order valence-corrected chi connectivity index (χ0v) is 17.6. The number of nitrogens with zero attached hydrogens (tertiary/aromatic N) is 3. The fourth-order valence-electron chi connectivity index (χ4n) is 3.76. The molecule has 0 atom stereocenters. The van der Waals surface area contributed by atoms with Crippen LogP contribution in [0.2, 0.25) is 0 Å². The van der Waals surface area contributed by atoms with E-state index in [1.54, 1.807) is 31.2 Å². The van der Waals surface area contributed by atoms with Gasteiger partial charge in [0.2, 0.25) is 0 Å². The Labute approximate surface area is 178 Å². The molecule has 1 aromatic heterocycles. The van der Waals surface area contributed by atoms with Crippen molar-refractivity contribution in [3.8, 4) is 5.69 Å². The minimum absolute atomic E-state index is 0.262. The van der Waals surface area contributed by atoms with Crippen LogP contribution < -0.4 is 10.5 Å². The van der Waals surface area contributed by atoms with E-state index in [1.807, 2.05) is 0 Å². The number of piperidine rings is 1. The molecule has 0 unspecified atom stereocenters. The maximum absolute atomic E-state index is 14.9. The molecule has 0 radical (unpaired) electrons. The summed E-state index contributed by atoms with van der Waals surface area (Å²) in [5.41, 5.74) is 1.35. The molecule has 1 saturated heterocycles. The van der Waals surface area contributed by atoms with Crippen molar-refractivity contribution in [3.63, 3.8) is 0 Å². The molecular formula is C23H23F2N3OS. The monoisotopic (exact) mass is 427 g/mol. The summed E-state index contributed by atoms with van der Waals surface area (Å²) < 4.78 is 29.8. The highest BCUT2D eigenvalue weighted by Crippen LogP contribution is 2.27. The van der Waals surface area contributed by atoms with Crippen molar-refractivity contribution < 1.29 is 8.78 Å². The van der Waals surface area contributed by atoms with Gasteiger partial charge in [-0.15, -0.1) is 11.8 Å². The number of aryl methyl sites for hydroxylation is 1. The van der Waals surface area contributed by atoms with Crippen molar-refractivity contribution >= 4 is 17.4 Å². The SMILES string of the molecule is Cc1cc(=O)n(-c2ccc(N3CCCCC3)c(F)c2)c(CSc2cccc(F)c2)n1. The van der Waals surface area contributed by atoms with E-state index in [4.69, 9.17) is 0 Å². The lowest BCUT2D eigenvalue weighted by atomic mass is 10.1. The minimum atomic E-state index is -0.342. The van der Waals surface area contributed by atoms with Gasteiger partial charge in [0.25, 0.3) is 5.56 Å². The van der Waals surface area contributed by atoms with Crippen LogP contribution in [0.4, 0.5) is 14.5 Å². The number of anilines is 1. The normalized spacial score (nSPS) is 14.2. The maximum Gasteiger partial charge on any atom is 0.258 e. The molecule has 2 heterocycles. The van der Waals surface area contributed by atoms with Crippen LogP contribution in [0.5, 0.6) is 0 Å². The second kappa shape index (κ2) is 9.00. The van der Waals surface area contributed by atoms with Crippen LogP contribution in [-0.2, 0) is 5.75 Å². The van der Waals surface area contributed by atoms with Gasteiger partial charge in [0.15, 0.2) is 0 Å². The number of halogens is 2. The molecule has 0 N–H and O–H groups in total. The van der Waals surface area contributed by atoms with E-state index in [9.17, 15) is 13.6 Å². The Balaban J connectivity index is 1.66. The van der Waals surface area contributed by atoms with Crippen LogP contribution in [0.25, 0.3) is 5.69 Å². The Kier molecular flexibility index (Phi) is 6.18. The Morgan fingerprint density at radius 2 is 1.83 bits per heavy atom. The number of hydrogen-bond donors (Lipinski definition) is 0. The Morgan fingerprint density at radius 1 is 1.03 bits per heavy atom. The Morgan fingerprint density at radius 3 is 2.57 bits per heavy atom. The summed E-state index contributed by atoms with van der Waals surface area (Å²) >= 11 is 1.38. The summed E-state index contributed by atoms with van der Waals surface area (Å²) in [7, 11) is 0. The van der Waals surface area contributed by atoms with Crippen LogP contribution in [-0.4, -0.2) is 22.6 Å². The first-order valence-corrected chi connectivity index (χ1v) is 11.0. The molecule has 1 aliphatic heterocycles. The fourth-order valence-corrected chi connectivity index (χ4v) is 4.62. The predicted molar refractivity (Wildman–Crippen MR) is 117 cm³/mol. The summed E-state index contributed by atoms with van der Waals surface area (Å²) in [5.74, 6) is 0.200. The van der Waals surface area contributed by atoms with Crippen molar-refractivity contribution in [2.75, 3.05) is 18.0 Å². The summed E-state index contributed by atoms with van der Waals surface area (Å²) in [4.78, 5) is 20.0. The lowest BCUT2D eigenvalue weighted by Crippen LogP contribution is -2.30. The third-order valence-electron chi connectivity index (χ3n) is 5.17. The van der Waals surface area contributed by atoms with Crippen LogP contribution in [0.1, 0.15) is 30.8 Å². The van der Waals surface area contributed by atoms with Gasteiger partial charge in [0, 0.05) is 35.8 Å². The highest BCUT2D eigenvalue weighted by atomic mass is 32.2. The highest BCUT2D eigenvalue weighted by molar-refractivity contribution is 7.98. The highest BCUT2D eigenvalue weighted by Gasteiger charge is 2.17. The molecular weight excluding hydrogens is 404 g/mol. The third kappa shape index (κ3) is 4.56. The van der Waals surface area contributed by atoms with E-state index in [0.717, 1.165) is 30.8 Å². The number of rotatable bonds is 5. The molecule has 0 bridgehead atoms. The average Bonchev–Trinajstić information content (AvgIpc) is 2.72. The molecule has 4 nitrogen and oxygen atoms in total. The van der Waals surface area contributed by atoms with Crippen LogP contribution >= 0.6 is 11.8 Å². The van der Waals surface area contributed by atoms with Crippen molar-refractivity contribution in [1.29, 1.82) is 0 Å². The Hall–Kier alpha value is -2.67. The molecule has 156 valence electrons. The minimum Gasteiger partial charge on any atom is -0.369 e. The zero-order chi connectivity index (χ0) is 21.1. The van der Waals surface area contributed by atoms with Gasteiger partial charge in [-0.25, -0.2) is 13.8 Å². The molecule has 4 rings (SSSR count). The molecule has 7 heteroatoms. The molecule has 0 amide bonds. The maximum atomic E-state index is 14.9. The summed E-state index contributed by atoms with van der Waals surface area (Å²) in [6.45, 7) is 3.44. The van der Waals surface area contributed by atoms with Crippen molar-refractivity contribution in [2.24, 2.45) is 0 Å². The smallest absolute Gasteiger partial charge is 0.258 e. The molecule has 3 aromatic rings. The number of thioether (sulfide) groups is 1. The average molecular weight is 428 g/mol. The molecule has 0 saturated carbocycles. The lowest BCUT2D eigenvalue weighted by molar-refractivity contribution is 0.556. The van der Waals surface area contributed by atoms with Gasteiger partial charge in [-0.1, -0.05) is 6.07 Å². The van der Waals surface area contributed by atoms with Gasteiger partial charge >= 0.3 is 0 Å². The van der Waals surface area contributed by atoms with E-state index in [2.05, 4.69) is 9.88 Å². The quantitative estimate of drug-likeness (QED) is 0.531. The standard InChI is InChI=1S/C23H23F2N3OS/c1-16-12-23(29)28(22(26-16)15-30-19-7-5-6-17(24)13-19)18-8-9-21(20(25)14-18)27-10-3-2-4-11-27/h5-9,12-14H,2-4,10-11,15H2,1H3. The van der Waals surface area contributed by atoms with Gasteiger partial charge in [-0.2, -0.15) is 0 Å². The first kappa shape index (κ1) is 20.6. The van der Waals surface area contributed by atoms with E-state index < -0.39 is 0 Å². The van der Waals surface area contributed by atoms with Crippen LogP contribution in [0.3, 0.4) is 0 Å². The van der Waals surface area contributed by atoms with E-state index >= 15 is 0 Å². The fraction of sp³-hybridized carbons (Fsp3) is 0.304. The molecule has 0 aliphatic carbocycles. The summed E-state index contributed by atoms with van der Waals surface area (Å²) in [6, 6.07) is 12.6. The van der Waals surface area contributed by atoms with E-state index in [1.165, 1.54) is 47.0 Å². The number of benzene rings is 2. The van der Waals surface area contributed by atoms with Gasteiger partial charge in [0.1, 0.15) is 17.5 Å². The largest absolute Gasteiger partial charge is 0.369 e. The van der Waals surface area contributed by atoms with Gasteiger partial charge < -0.3 is 4.90 Å². The summed E-state index contributed by atoms with van der Waals surface area (Å²) in [6.07, 6.45) is 3.29. The molecule has 30 heavy (non-hydrogen) atoms. The van der Waals surface area contributed by atoms with Crippen LogP contribution in [0.15, 0.2) is 58.2 Å². The van der Waals surface area contributed by atoms with E-state index in [-0.39, 0.29) is 17.2 Å². The topological polar surface area (TPSA) is 38.1 Å².